The SMILES string of the molecule is Cc1ccc(-c2csc(NC(=O)CN(C)C)n2)cc1C. The zero-order valence-electron chi connectivity index (χ0n) is 12.2. The maximum absolute atomic E-state index is 11.7. The third-order valence-corrected chi connectivity index (χ3v) is 3.77. The molecule has 106 valence electrons. The minimum absolute atomic E-state index is 0.0454. The molecule has 0 atom stereocenters. The van der Waals surface area contributed by atoms with Gasteiger partial charge in [-0.05, 0) is 45.1 Å². The third-order valence-electron chi connectivity index (χ3n) is 3.01. The van der Waals surface area contributed by atoms with Gasteiger partial charge in [0, 0.05) is 10.9 Å². The molecule has 2 aromatic rings. The molecule has 1 heterocycles. The molecular formula is C15H19N3OS. The molecule has 1 amide bonds. The lowest BCUT2D eigenvalue weighted by Crippen LogP contribution is -2.26. The predicted molar refractivity (Wildman–Crippen MR) is 84.2 cm³/mol. The van der Waals surface area contributed by atoms with Gasteiger partial charge < -0.3 is 10.2 Å². The van der Waals surface area contributed by atoms with Crippen LogP contribution < -0.4 is 5.32 Å². The summed E-state index contributed by atoms with van der Waals surface area (Å²) in [6.45, 7) is 4.54. The van der Waals surface area contributed by atoms with E-state index in [4.69, 9.17) is 0 Å². The first kappa shape index (κ1) is 14.7. The molecular weight excluding hydrogens is 270 g/mol. The number of thiazole rings is 1. The van der Waals surface area contributed by atoms with Crippen molar-refractivity contribution in [2.75, 3.05) is 26.0 Å². The highest BCUT2D eigenvalue weighted by Gasteiger charge is 2.09. The van der Waals surface area contributed by atoms with Gasteiger partial charge in [-0.2, -0.15) is 0 Å². The van der Waals surface area contributed by atoms with Crippen molar-refractivity contribution in [2.24, 2.45) is 0 Å². The van der Waals surface area contributed by atoms with E-state index in [2.05, 4.69) is 42.3 Å². The standard InChI is InChI=1S/C15H19N3OS/c1-10-5-6-12(7-11(10)2)13-9-20-15(16-13)17-14(19)8-18(3)4/h5-7,9H,8H2,1-4H3,(H,16,17,19). The Labute approximate surface area is 123 Å². The number of nitrogens with one attached hydrogen (secondary N) is 1. The lowest BCUT2D eigenvalue weighted by Gasteiger charge is -2.07. The van der Waals surface area contributed by atoms with E-state index in [-0.39, 0.29) is 5.91 Å². The Morgan fingerprint density at radius 2 is 2.05 bits per heavy atom. The topological polar surface area (TPSA) is 45.2 Å². The van der Waals surface area contributed by atoms with Gasteiger partial charge >= 0.3 is 0 Å². The highest BCUT2D eigenvalue weighted by molar-refractivity contribution is 7.14. The number of aryl methyl sites for hydroxylation is 2. The van der Waals surface area contributed by atoms with E-state index in [0.29, 0.717) is 11.7 Å². The van der Waals surface area contributed by atoms with E-state index in [0.717, 1.165) is 11.3 Å². The van der Waals surface area contributed by atoms with Crippen molar-refractivity contribution in [2.45, 2.75) is 13.8 Å². The number of anilines is 1. The molecule has 0 bridgehead atoms. The molecule has 0 aliphatic heterocycles. The van der Waals surface area contributed by atoms with Crippen LogP contribution in [0.5, 0.6) is 0 Å². The number of benzene rings is 1. The van der Waals surface area contributed by atoms with Gasteiger partial charge in [-0.15, -0.1) is 11.3 Å². The quantitative estimate of drug-likeness (QED) is 0.941. The minimum Gasteiger partial charge on any atom is -0.301 e. The average molecular weight is 289 g/mol. The number of hydrogen-bond acceptors (Lipinski definition) is 4. The maximum atomic E-state index is 11.7. The van der Waals surface area contributed by atoms with Gasteiger partial charge in [-0.3, -0.25) is 4.79 Å². The molecule has 20 heavy (non-hydrogen) atoms. The average Bonchev–Trinajstić information content (AvgIpc) is 2.80. The first-order valence-corrected chi connectivity index (χ1v) is 7.31. The number of carbonyl (C=O) groups excluding carboxylic acids is 1. The number of aromatic nitrogens is 1. The van der Waals surface area contributed by atoms with Crippen LogP contribution in [-0.2, 0) is 4.79 Å². The fourth-order valence-electron chi connectivity index (χ4n) is 1.81. The van der Waals surface area contributed by atoms with Crippen molar-refractivity contribution in [3.8, 4) is 11.3 Å². The number of hydrogen-bond donors (Lipinski definition) is 1. The van der Waals surface area contributed by atoms with E-state index < -0.39 is 0 Å². The second-order valence-electron chi connectivity index (χ2n) is 5.12. The summed E-state index contributed by atoms with van der Waals surface area (Å²) >= 11 is 1.45. The molecule has 0 radical (unpaired) electrons. The van der Waals surface area contributed by atoms with Crippen LogP contribution in [0.25, 0.3) is 11.3 Å². The van der Waals surface area contributed by atoms with Gasteiger partial charge in [-0.1, -0.05) is 12.1 Å². The van der Waals surface area contributed by atoms with Crippen molar-refractivity contribution in [3.63, 3.8) is 0 Å². The van der Waals surface area contributed by atoms with Gasteiger partial charge in [0.15, 0.2) is 5.13 Å². The second-order valence-corrected chi connectivity index (χ2v) is 5.98. The Balaban J connectivity index is 2.12. The van der Waals surface area contributed by atoms with E-state index in [1.54, 1.807) is 0 Å². The molecule has 1 N–H and O–H groups in total. The van der Waals surface area contributed by atoms with Gasteiger partial charge in [0.1, 0.15) is 0 Å². The molecule has 5 heteroatoms. The van der Waals surface area contributed by atoms with Crippen LogP contribution >= 0.6 is 11.3 Å². The van der Waals surface area contributed by atoms with Crippen molar-refractivity contribution < 1.29 is 4.79 Å². The first-order valence-electron chi connectivity index (χ1n) is 6.43. The molecule has 0 spiro atoms. The van der Waals surface area contributed by atoms with Crippen LogP contribution in [0, 0.1) is 13.8 Å². The number of rotatable bonds is 4. The summed E-state index contributed by atoms with van der Waals surface area (Å²) in [5.74, 6) is -0.0454. The van der Waals surface area contributed by atoms with Crippen LogP contribution in [-0.4, -0.2) is 36.4 Å². The van der Waals surface area contributed by atoms with Gasteiger partial charge in [-0.25, -0.2) is 4.98 Å². The number of amides is 1. The van der Waals surface area contributed by atoms with Crippen LogP contribution in [0.4, 0.5) is 5.13 Å². The molecule has 0 saturated heterocycles. The monoisotopic (exact) mass is 289 g/mol. The van der Waals surface area contributed by atoms with E-state index in [1.807, 2.05) is 24.4 Å². The summed E-state index contributed by atoms with van der Waals surface area (Å²) in [6.07, 6.45) is 0. The molecule has 1 aromatic carbocycles. The van der Waals surface area contributed by atoms with Gasteiger partial charge in [0.25, 0.3) is 0 Å². The number of nitrogens with zero attached hydrogens (tertiary/aromatic N) is 2. The van der Waals surface area contributed by atoms with Crippen LogP contribution in [0.3, 0.4) is 0 Å². The Bertz CT molecular complexity index is 619. The summed E-state index contributed by atoms with van der Waals surface area (Å²) in [5, 5.41) is 5.43. The van der Waals surface area contributed by atoms with Crippen molar-refractivity contribution in [1.82, 2.24) is 9.88 Å². The van der Waals surface area contributed by atoms with Crippen LogP contribution in [0.15, 0.2) is 23.6 Å². The normalized spacial score (nSPS) is 10.8. The van der Waals surface area contributed by atoms with Crippen molar-refractivity contribution >= 4 is 22.4 Å². The van der Waals surface area contributed by atoms with Gasteiger partial charge in [0.05, 0.1) is 12.2 Å². The lowest BCUT2D eigenvalue weighted by molar-refractivity contribution is -0.116. The van der Waals surface area contributed by atoms with E-state index >= 15 is 0 Å². The molecule has 0 unspecified atom stereocenters. The van der Waals surface area contributed by atoms with Crippen LogP contribution in [0.2, 0.25) is 0 Å². The smallest absolute Gasteiger partial charge is 0.240 e. The fraction of sp³-hybridized carbons (Fsp3) is 0.333. The summed E-state index contributed by atoms with van der Waals surface area (Å²) in [4.78, 5) is 18.0. The van der Waals surface area contributed by atoms with E-state index in [9.17, 15) is 4.79 Å². The zero-order valence-corrected chi connectivity index (χ0v) is 13.0. The largest absolute Gasteiger partial charge is 0.301 e. The molecule has 0 fully saturated rings. The summed E-state index contributed by atoms with van der Waals surface area (Å²) in [7, 11) is 3.73. The molecule has 0 aliphatic rings. The van der Waals surface area contributed by atoms with Gasteiger partial charge in [0.2, 0.25) is 5.91 Å². The Morgan fingerprint density at radius 1 is 1.30 bits per heavy atom. The lowest BCUT2D eigenvalue weighted by atomic mass is 10.1. The predicted octanol–water partition coefficient (Wildman–Crippen LogP) is 2.93. The Kier molecular flexibility index (Phi) is 4.52. The second kappa shape index (κ2) is 6.15. The molecule has 4 nitrogen and oxygen atoms in total. The molecule has 0 aliphatic carbocycles. The Hall–Kier alpha value is -1.72. The molecule has 0 saturated carbocycles. The summed E-state index contributed by atoms with van der Waals surface area (Å²) < 4.78 is 0. The van der Waals surface area contributed by atoms with Crippen molar-refractivity contribution in [3.05, 3.63) is 34.7 Å². The summed E-state index contributed by atoms with van der Waals surface area (Å²) in [6, 6.07) is 6.27. The molecule has 1 aromatic heterocycles. The highest BCUT2D eigenvalue weighted by Crippen LogP contribution is 2.26. The minimum atomic E-state index is -0.0454. The zero-order chi connectivity index (χ0) is 14.7. The number of carbonyl (C=O) groups is 1. The third kappa shape index (κ3) is 3.65. The summed E-state index contributed by atoms with van der Waals surface area (Å²) in [5.41, 5.74) is 4.49. The fourth-order valence-corrected chi connectivity index (χ4v) is 2.55. The Morgan fingerprint density at radius 3 is 2.70 bits per heavy atom. The van der Waals surface area contributed by atoms with Crippen molar-refractivity contribution in [1.29, 1.82) is 0 Å². The first-order chi connectivity index (χ1) is 9.45. The van der Waals surface area contributed by atoms with E-state index in [1.165, 1.54) is 22.5 Å². The maximum Gasteiger partial charge on any atom is 0.240 e. The highest BCUT2D eigenvalue weighted by atomic mass is 32.1. The molecule has 2 rings (SSSR count). The number of likely N-dealkylation sites (N-methyl/N-ethyl adjacent to an activating group) is 1. The van der Waals surface area contributed by atoms with Crippen LogP contribution in [0.1, 0.15) is 11.1 Å².